The maximum Gasteiger partial charge on any atom is 0.329 e. The summed E-state index contributed by atoms with van der Waals surface area (Å²) in [5.74, 6) is 0.0750. The lowest BCUT2D eigenvalue weighted by atomic mass is 10.1. The molecule has 0 aromatic heterocycles. The molecule has 1 aromatic carbocycles. The van der Waals surface area contributed by atoms with Crippen LogP contribution in [-0.4, -0.2) is 41.4 Å². The Bertz CT molecular complexity index is 556. The van der Waals surface area contributed by atoms with Crippen LogP contribution in [0.1, 0.15) is 13.8 Å². The number of hydrogen-bond acceptors (Lipinski definition) is 4. The van der Waals surface area contributed by atoms with Gasteiger partial charge in [0.15, 0.2) is 11.5 Å². The van der Waals surface area contributed by atoms with Gasteiger partial charge in [0.2, 0.25) is 6.79 Å². The zero-order valence-electron chi connectivity index (χ0n) is 11.5. The molecule has 0 radical (unpaired) electrons. The molecule has 2 N–H and O–H groups in total. The fourth-order valence-corrected chi connectivity index (χ4v) is 1.58. The maximum atomic E-state index is 12.0. The maximum absolute atomic E-state index is 12.0. The molecular weight excluding hydrogens is 264 g/mol. The SMILES string of the molecule is CN(C(=O)Nc1ccc2c(c1)OCO2)C(C)(C)C(=O)O. The monoisotopic (exact) mass is 280 g/mol. The zero-order valence-corrected chi connectivity index (χ0v) is 11.5. The molecule has 0 atom stereocenters. The normalized spacial score (nSPS) is 12.9. The first kappa shape index (κ1) is 14.0. The Morgan fingerprint density at radius 2 is 1.95 bits per heavy atom. The lowest BCUT2D eigenvalue weighted by Crippen LogP contribution is -2.52. The van der Waals surface area contributed by atoms with Crippen LogP contribution in [0.15, 0.2) is 18.2 Å². The third kappa shape index (κ3) is 2.47. The summed E-state index contributed by atoms with van der Waals surface area (Å²) in [6.07, 6.45) is 0. The summed E-state index contributed by atoms with van der Waals surface area (Å²) in [6.45, 7) is 3.06. The summed E-state index contributed by atoms with van der Waals surface area (Å²) < 4.78 is 10.4. The molecule has 1 aromatic rings. The highest BCUT2D eigenvalue weighted by Gasteiger charge is 2.35. The summed E-state index contributed by atoms with van der Waals surface area (Å²) in [7, 11) is 1.43. The van der Waals surface area contributed by atoms with Crippen molar-refractivity contribution in [1.29, 1.82) is 0 Å². The van der Waals surface area contributed by atoms with Gasteiger partial charge in [-0.25, -0.2) is 9.59 Å². The van der Waals surface area contributed by atoms with Crippen molar-refractivity contribution in [2.24, 2.45) is 0 Å². The number of fused-ring (bicyclic) bond motifs is 1. The number of rotatable bonds is 3. The third-order valence-electron chi connectivity index (χ3n) is 3.29. The van der Waals surface area contributed by atoms with Crippen molar-refractivity contribution in [3.8, 4) is 11.5 Å². The average Bonchev–Trinajstić information content (AvgIpc) is 2.84. The quantitative estimate of drug-likeness (QED) is 0.880. The van der Waals surface area contributed by atoms with E-state index in [9.17, 15) is 9.59 Å². The predicted octanol–water partition coefficient (Wildman–Crippen LogP) is 1.74. The molecule has 7 heteroatoms. The molecule has 108 valence electrons. The Hall–Kier alpha value is -2.44. The van der Waals surface area contributed by atoms with Crippen LogP contribution in [0.2, 0.25) is 0 Å². The molecule has 1 aliphatic rings. The van der Waals surface area contributed by atoms with Gasteiger partial charge in [0.25, 0.3) is 0 Å². The lowest BCUT2D eigenvalue weighted by molar-refractivity contribution is -0.146. The number of benzene rings is 1. The fourth-order valence-electron chi connectivity index (χ4n) is 1.58. The van der Waals surface area contributed by atoms with Gasteiger partial charge in [-0.1, -0.05) is 0 Å². The fraction of sp³-hybridized carbons (Fsp3) is 0.385. The molecule has 20 heavy (non-hydrogen) atoms. The number of carboxylic acid groups (broad SMARTS) is 1. The van der Waals surface area contributed by atoms with E-state index in [0.29, 0.717) is 17.2 Å². The first-order chi connectivity index (χ1) is 9.32. The Morgan fingerprint density at radius 1 is 1.30 bits per heavy atom. The Morgan fingerprint density at radius 3 is 2.60 bits per heavy atom. The predicted molar refractivity (Wildman–Crippen MR) is 71.1 cm³/mol. The number of carboxylic acids is 1. The second-order valence-corrected chi connectivity index (χ2v) is 4.92. The van der Waals surface area contributed by atoms with Gasteiger partial charge in [0, 0.05) is 18.8 Å². The van der Waals surface area contributed by atoms with Crippen LogP contribution >= 0.6 is 0 Å². The number of likely N-dealkylation sites (N-methyl/N-ethyl adjacent to an activating group) is 1. The van der Waals surface area contributed by atoms with Crippen LogP contribution in [0.3, 0.4) is 0 Å². The summed E-state index contributed by atoms with van der Waals surface area (Å²) in [5.41, 5.74) is -0.798. The first-order valence-corrected chi connectivity index (χ1v) is 6.00. The number of ether oxygens (including phenoxy) is 2. The van der Waals surface area contributed by atoms with E-state index in [1.807, 2.05) is 0 Å². The van der Waals surface area contributed by atoms with Gasteiger partial charge >= 0.3 is 12.0 Å². The van der Waals surface area contributed by atoms with Gasteiger partial charge in [-0.2, -0.15) is 0 Å². The number of carbonyl (C=O) groups excluding carboxylic acids is 1. The van der Waals surface area contributed by atoms with Crippen LogP contribution in [0.4, 0.5) is 10.5 Å². The van der Waals surface area contributed by atoms with Crippen molar-refractivity contribution in [2.45, 2.75) is 19.4 Å². The van der Waals surface area contributed by atoms with Crippen LogP contribution in [0.25, 0.3) is 0 Å². The first-order valence-electron chi connectivity index (χ1n) is 6.00. The highest BCUT2D eigenvalue weighted by molar-refractivity contribution is 5.93. The average molecular weight is 280 g/mol. The van der Waals surface area contributed by atoms with Gasteiger partial charge in [-0.3, -0.25) is 0 Å². The third-order valence-corrected chi connectivity index (χ3v) is 3.29. The van der Waals surface area contributed by atoms with E-state index in [-0.39, 0.29) is 6.79 Å². The number of amides is 2. The van der Waals surface area contributed by atoms with E-state index in [0.717, 1.165) is 4.90 Å². The summed E-state index contributed by atoms with van der Waals surface area (Å²) in [6, 6.07) is 4.45. The van der Waals surface area contributed by atoms with Crippen molar-refractivity contribution in [2.75, 3.05) is 19.2 Å². The molecule has 1 aliphatic heterocycles. The van der Waals surface area contributed by atoms with Crippen molar-refractivity contribution in [3.05, 3.63) is 18.2 Å². The molecule has 0 saturated carbocycles. The topological polar surface area (TPSA) is 88.1 Å². The lowest BCUT2D eigenvalue weighted by Gasteiger charge is -2.31. The number of aliphatic carboxylic acids is 1. The van der Waals surface area contributed by atoms with Gasteiger partial charge in [0.1, 0.15) is 5.54 Å². The molecule has 2 amide bonds. The van der Waals surface area contributed by atoms with E-state index < -0.39 is 17.5 Å². The molecular formula is C13H16N2O5. The van der Waals surface area contributed by atoms with Crippen molar-refractivity contribution < 1.29 is 24.2 Å². The largest absolute Gasteiger partial charge is 0.480 e. The number of nitrogens with one attached hydrogen (secondary N) is 1. The summed E-state index contributed by atoms with van der Waals surface area (Å²) in [4.78, 5) is 24.3. The van der Waals surface area contributed by atoms with E-state index in [4.69, 9.17) is 14.6 Å². The molecule has 0 fully saturated rings. The van der Waals surface area contributed by atoms with Gasteiger partial charge in [-0.05, 0) is 26.0 Å². The van der Waals surface area contributed by atoms with Crippen LogP contribution in [-0.2, 0) is 4.79 Å². The molecule has 7 nitrogen and oxygen atoms in total. The Kier molecular flexibility index (Phi) is 3.44. The Labute approximate surface area is 116 Å². The highest BCUT2D eigenvalue weighted by atomic mass is 16.7. The summed E-state index contributed by atoms with van der Waals surface area (Å²) >= 11 is 0. The highest BCUT2D eigenvalue weighted by Crippen LogP contribution is 2.34. The van der Waals surface area contributed by atoms with Crippen LogP contribution in [0, 0.1) is 0 Å². The van der Waals surface area contributed by atoms with Crippen molar-refractivity contribution >= 4 is 17.7 Å². The van der Waals surface area contributed by atoms with E-state index in [1.165, 1.54) is 20.9 Å². The van der Waals surface area contributed by atoms with E-state index >= 15 is 0 Å². The number of nitrogens with zero attached hydrogens (tertiary/aromatic N) is 1. The van der Waals surface area contributed by atoms with Crippen molar-refractivity contribution in [1.82, 2.24) is 4.90 Å². The van der Waals surface area contributed by atoms with E-state index in [2.05, 4.69) is 5.32 Å². The Balaban J connectivity index is 2.10. The smallest absolute Gasteiger partial charge is 0.329 e. The molecule has 0 unspecified atom stereocenters. The minimum absolute atomic E-state index is 0.151. The molecule has 0 spiro atoms. The van der Waals surface area contributed by atoms with Gasteiger partial charge in [-0.15, -0.1) is 0 Å². The van der Waals surface area contributed by atoms with Gasteiger partial charge < -0.3 is 24.8 Å². The molecule has 1 heterocycles. The second-order valence-electron chi connectivity index (χ2n) is 4.92. The molecule has 2 rings (SSSR count). The van der Waals surface area contributed by atoms with E-state index in [1.54, 1.807) is 18.2 Å². The zero-order chi connectivity index (χ0) is 14.9. The van der Waals surface area contributed by atoms with Crippen molar-refractivity contribution in [3.63, 3.8) is 0 Å². The number of urea groups is 1. The minimum Gasteiger partial charge on any atom is -0.480 e. The second kappa shape index (κ2) is 4.92. The number of anilines is 1. The van der Waals surface area contributed by atoms with Crippen LogP contribution in [0.5, 0.6) is 11.5 Å². The van der Waals surface area contributed by atoms with Crippen LogP contribution < -0.4 is 14.8 Å². The molecule has 0 saturated heterocycles. The molecule has 0 aliphatic carbocycles. The van der Waals surface area contributed by atoms with Gasteiger partial charge in [0.05, 0.1) is 0 Å². The number of hydrogen-bond donors (Lipinski definition) is 2. The number of carbonyl (C=O) groups is 2. The standard InChI is InChI=1S/C13H16N2O5/c1-13(2,11(16)17)15(3)12(18)14-8-4-5-9-10(6-8)20-7-19-9/h4-6H,7H2,1-3H3,(H,14,18)(H,16,17). The minimum atomic E-state index is -1.31. The molecule has 0 bridgehead atoms. The summed E-state index contributed by atoms with van der Waals surface area (Å²) in [5, 5.41) is 11.7.